The second kappa shape index (κ2) is 6.92. The quantitative estimate of drug-likeness (QED) is 0.769. The number of carbonyl (C=O) groups excluding carboxylic acids is 2. The number of carbonyl (C=O) groups is 2. The fourth-order valence-corrected chi connectivity index (χ4v) is 4.84. The fourth-order valence-electron chi connectivity index (χ4n) is 4.84. The largest absolute Gasteiger partial charge is 0.343 e. The molecule has 1 amide bonds. The van der Waals surface area contributed by atoms with Crippen molar-refractivity contribution in [1.29, 1.82) is 0 Å². The summed E-state index contributed by atoms with van der Waals surface area (Å²) in [5.74, 6) is -0.0105. The molecule has 0 bridgehead atoms. The first-order chi connectivity index (χ1) is 13.4. The third kappa shape index (κ3) is 2.74. The molecule has 28 heavy (non-hydrogen) atoms. The summed E-state index contributed by atoms with van der Waals surface area (Å²) >= 11 is 0. The minimum absolute atomic E-state index is 0.0399. The number of hydrogen-bond acceptors (Lipinski definition) is 3. The van der Waals surface area contributed by atoms with Gasteiger partial charge in [0.2, 0.25) is 11.8 Å². The van der Waals surface area contributed by atoms with Crippen molar-refractivity contribution in [2.45, 2.75) is 33.2 Å². The van der Waals surface area contributed by atoms with E-state index in [9.17, 15) is 9.59 Å². The Morgan fingerprint density at radius 1 is 1.25 bits per heavy atom. The number of benzene rings is 1. The highest BCUT2D eigenvalue weighted by atomic mass is 16.2. The number of nitrogens with zero attached hydrogens (tertiary/aromatic N) is 3. The third-order valence-corrected chi connectivity index (χ3v) is 6.27. The van der Waals surface area contributed by atoms with Crippen molar-refractivity contribution < 1.29 is 9.59 Å². The molecule has 1 aromatic carbocycles. The molecule has 0 fully saturated rings. The predicted octanol–water partition coefficient (Wildman–Crippen LogP) is 1.83. The average molecular weight is 375 g/mol. The molecule has 4 rings (SSSR count). The monoisotopic (exact) mass is 375 g/mol. The summed E-state index contributed by atoms with van der Waals surface area (Å²) in [5, 5.41) is 1.06. The van der Waals surface area contributed by atoms with Gasteiger partial charge in [-0.3, -0.25) is 19.1 Å². The molecule has 0 saturated heterocycles. The van der Waals surface area contributed by atoms with Crippen LogP contribution in [0.25, 0.3) is 16.5 Å². The Morgan fingerprint density at radius 3 is 2.61 bits per heavy atom. The minimum atomic E-state index is -0.153. The lowest BCUT2D eigenvalue weighted by atomic mass is 9.78. The van der Waals surface area contributed by atoms with Crippen molar-refractivity contribution in [2.75, 3.05) is 26.7 Å². The highest BCUT2D eigenvalue weighted by Gasteiger charge is 2.37. The molecule has 1 aliphatic heterocycles. The summed E-state index contributed by atoms with van der Waals surface area (Å²) in [6.45, 7) is 7.75. The van der Waals surface area contributed by atoms with Crippen molar-refractivity contribution in [3.8, 4) is 0 Å². The van der Waals surface area contributed by atoms with Crippen molar-refractivity contribution in [1.82, 2.24) is 14.4 Å². The zero-order valence-corrected chi connectivity index (χ0v) is 17.0. The second-order valence-electron chi connectivity index (χ2n) is 7.87. The van der Waals surface area contributed by atoms with Crippen molar-refractivity contribution in [2.24, 2.45) is 5.92 Å². The summed E-state index contributed by atoms with van der Waals surface area (Å²) in [4.78, 5) is 29.3. The first kappa shape index (κ1) is 19.0. The van der Waals surface area contributed by atoms with Crippen LogP contribution in [-0.4, -0.2) is 66.8 Å². The van der Waals surface area contributed by atoms with Crippen LogP contribution in [0.15, 0.2) is 24.4 Å². The van der Waals surface area contributed by atoms with Crippen LogP contribution >= 0.6 is 0 Å². The van der Waals surface area contributed by atoms with Crippen LogP contribution in [-0.2, 0) is 11.2 Å². The molecule has 2 heterocycles. The summed E-state index contributed by atoms with van der Waals surface area (Å²) in [7, 11) is 8.32. The highest BCUT2D eigenvalue weighted by Crippen LogP contribution is 2.41. The Hall–Kier alpha value is -2.34. The first-order valence-corrected chi connectivity index (χ1v) is 10.0. The van der Waals surface area contributed by atoms with Gasteiger partial charge in [-0.2, -0.15) is 0 Å². The first-order valence-electron chi connectivity index (χ1n) is 10.0. The van der Waals surface area contributed by atoms with E-state index in [1.165, 1.54) is 5.57 Å². The van der Waals surface area contributed by atoms with Crippen LogP contribution in [0.2, 0.25) is 0 Å². The van der Waals surface area contributed by atoms with Crippen molar-refractivity contribution in [3.05, 3.63) is 35.5 Å². The van der Waals surface area contributed by atoms with Gasteiger partial charge in [-0.05, 0) is 44.0 Å². The lowest BCUT2D eigenvalue weighted by Gasteiger charge is -2.40. The van der Waals surface area contributed by atoms with Gasteiger partial charge in [-0.1, -0.05) is 23.7 Å². The molecule has 2 aliphatic rings. The van der Waals surface area contributed by atoms with Gasteiger partial charge in [-0.15, -0.1) is 0 Å². The van der Waals surface area contributed by atoms with Gasteiger partial charge in [-0.25, -0.2) is 0 Å². The standard InChI is InChI=1S/C22H26BN3O2/c1-5-25(6-2)22(28)15-9-17-16-7-8-18(23)21-20(16)14(12-26(21)13(3)27)10-19(17)24(4)11-15/h7-9,12,15,19H,5-6,10-11H2,1-4H3/t15-,19?/m1/s1. The molecule has 0 saturated carbocycles. The average Bonchev–Trinajstić information content (AvgIpc) is 3.06. The molecular formula is C22H26BN3O2. The normalized spacial score (nSPS) is 21.4. The lowest BCUT2D eigenvalue weighted by Crippen LogP contribution is -2.47. The predicted molar refractivity (Wildman–Crippen MR) is 113 cm³/mol. The van der Waals surface area contributed by atoms with E-state index < -0.39 is 0 Å². The van der Waals surface area contributed by atoms with Gasteiger partial charge in [0.05, 0.1) is 5.92 Å². The van der Waals surface area contributed by atoms with Gasteiger partial charge in [0.15, 0.2) is 0 Å². The van der Waals surface area contributed by atoms with E-state index in [0.717, 1.165) is 41.5 Å². The maximum atomic E-state index is 13.0. The highest BCUT2D eigenvalue weighted by molar-refractivity contribution is 6.39. The Morgan fingerprint density at radius 2 is 1.96 bits per heavy atom. The fraction of sp³-hybridized carbons (Fsp3) is 0.455. The van der Waals surface area contributed by atoms with Crippen LogP contribution in [0.4, 0.5) is 0 Å². The summed E-state index contributed by atoms with van der Waals surface area (Å²) in [6.07, 6.45) is 4.91. The molecule has 1 aliphatic carbocycles. The molecule has 6 heteroatoms. The molecular weight excluding hydrogens is 349 g/mol. The molecule has 2 aromatic rings. The minimum Gasteiger partial charge on any atom is -0.343 e. The molecule has 1 aromatic heterocycles. The van der Waals surface area contributed by atoms with Gasteiger partial charge >= 0.3 is 0 Å². The van der Waals surface area contributed by atoms with Gasteiger partial charge in [0, 0.05) is 49.7 Å². The van der Waals surface area contributed by atoms with E-state index in [4.69, 9.17) is 7.85 Å². The molecule has 2 atom stereocenters. The number of hydrogen-bond donors (Lipinski definition) is 0. The van der Waals surface area contributed by atoms with E-state index in [0.29, 0.717) is 12.0 Å². The van der Waals surface area contributed by atoms with Crippen LogP contribution in [0, 0.1) is 5.92 Å². The van der Waals surface area contributed by atoms with Crippen LogP contribution in [0.1, 0.15) is 36.7 Å². The van der Waals surface area contributed by atoms with E-state index in [1.807, 2.05) is 37.1 Å². The third-order valence-electron chi connectivity index (χ3n) is 6.27. The summed E-state index contributed by atoms with van der Waals surface area (Å²) < 4.78 is 1.67. The number of amides is 1. The van der Waals surface area contributed by atoms with Crippen molar-refractivity contribution in [3.63, 3.8) is 0 Å². The number of likely N-dealkylation sites (N-methyl/N-ethyl adjacent to an activating group) is 1. The number of aromatic nitrogens is 1. The summed E-state index contributed by atoms with van der Waals surface area (Å²) in [6, 6.07) is 4.13. The molecule has 1 unspecified atom stereocenters. The zero-order valence-electron chi connectivity index (χ0n) is 17.0. The van der Waals surface area contributed by atoms with E-state index in [1.54, 1.807) is 11.5 Å². The SMILES string of the molecule is [B]c1ccc2c3c(cn(C(C)=O)c13)CC1C2=C[C@@H](C(=O)N(CC)CC)CN1C. The van der Waals surface area contributed by atoms with Gasteiger partial charge in [0.1, 0.15) is 7.85 Å². The summed E-state index contributed by atoms with van der Waals surface area (Å²) in [5.41, 5.74) is 4.82. The smallest absolute Gasteiger partial charge is 0.230 e. The number of rotatable bonds is 3. The van der Waals surface area contributed by atoms with E-state index >= 15 is 0 Å². The Kier molecular flexibility index (Phi) is 4.70. The van der Waals surface area contributed by atoms with Crippen LogP contribution in [0.3, 0.4) is 0 Å². The van der Waals surface area contributed by atoms with Crippen LogP contribution in [0.5, 0.6) is 0 Å². The second-order valence-corrected chi connectivity index (χ2v) is 7.87. The van der Waals surface area contributed by atoms with Gasteiger partial charge in [0.25, 0.3) is 0 Å². The molecule has 5 nitrogen and oxygen atoms in total. The lowest BCUT2D eigenvalue weighted by molar-refractivity contribution is -0.134. The van der Waals surface area contributed by atoms with E-state index in [-0.39, 0.29) is 23.8 Å². The Balaban J connectivity index is 1.88. The molecule has 0 spiro atoms. The molecule has 2 radical (unpaired) electrons. The molecule has 0 N–H and O–H groups in total. The molecule has 144 valence electrons. The zero-order chi connectivity index (χ0) is 20.2. The topological polar surface area (TPSA) is 45.6 Å². The van der Waals surface area contributed by atoms with Crippen molar-refractivity contribution >= 4 is 41.6 Å². The van der Waals surface area contributed by atoms with Gasteiger partial charge < -0.3 is 4.90 Å². The van der Waals surface area contributed by atoms with Crippen LogP contribution < -0.4 is 5.46 Å². The number of fused-ring (bicyclic) bond motifs is 2. The Labute approximate surface area is 167 Å². The maximum absolute atomic E-state index is 13.0. The Bertz CT molecular complexity index is 1000. The maximum Gasteiger partial charge on any atom is 0.230 e. The van der Waals surface area contributed by atoms with E-state index in [2.05, 4.69) is 18.0 Å².